The molecule has 0 unspecified atom stereocenters. The quantitative estimate of drug-likeness (QED) is 0.659. The molecular weight excluding hydrogens is 380 g/mol. The lowest BCUT2D eigenvalue weighted by Crippen LogP contribution is -2.49. The van der Waals surface area contributed by atoms with Gasteiger partial charge in [-0.05, 0) is 18.2 Å². The fraction of sp³-hybridized carbons (Fsp3) is 0.364. The Bertz CT molecular complexity index is 1040. The zero-order valence-electron chi connectivity index (χ0n) is 16.8. The van der Waals surface area contributed by atoms with Crippen molar-refractivity contribution < 1.29 is 9.53 Å². The maximum Gasteiger partial charge on any atom is 0.272 e. The van der Waals surface area contributed by atoms with E-state index in [0.717, 1.165) is 48.8 Å². The summed E-state index contributed by atoms with van der Waals surface area (Å²) < 4.78 is 5.41. The van der Waals surface area contributed by atoms with Gasteiger partial charge in [-0.3, -0.25) is 4.79 Å². The second-order valence-corrected chi connectivity index (χ2v) is 7.48. The van der Waals surface area contributed by atoms with E-state index in [0.29, 0.717) is 32.0 Å². The first-order valence-corrected chi connectivity index (χ1v) is 10.3. The monoisotopic (exact) mass is 404 g/mol. The van der Waals surface area contributed by atoms with E-state index in [4.69, 9.17) is 9.72 Å². The summed E-state index contributed by atoms with van der Waals surface area (Å²) in [7, 11) is 0. The normalized spacial score (nSPS) is 17.4. The van der Waals surface area contributed by atoms with Crippen molar-refractivity contribution in [3.05, 3.63) is 54.4 Å². The number of benzene rings is 1. The van der Waals surface area contributed by atoms with Crippen molar-refractivity contribution in [3.63, 3.8) is 0 Å². The molecule has 154 valence electrons. The smallest absolute Gasteiger partial charge is 0.272 e. The Hall–Kier alpha value is -3.26. The molecule has 0 atom stereocenters. The van der Waals surface area contributed by atoms with Crippen LogP contribution in [0.1, 0.15) is 10.5 Å². The number of piperazine rings is 1. The van der Waals surface area contributed by atoms with E-state index >= 15 is 0 Å². The van der Waals surface area contributed by atoms with E-state index in [-0.39, 0.29) is 5.91 Å². The van der Waals surface area contributed by atoms with Crippen molar-refractivity contribution >= 4 is 28.6 Å². The molecule has 4 heterocycles. The van der Waals surface area contributed by atoms with Crippen LogP contribution in [0.25, 0.3) is 10.9 Å². The van der Waals surface area contributed by atoms with Crippen molar-refractivity contribution in [2.75, 3.05) is 62.3 Å². The summed E-state index contributed by atoms with van der Waals surface area (Å²) in [4.78, 5) is 32.9. The highest BCUT2D eigenvalue weighted by molar-refractivity contribution is 5.95. The van der Waals surface area contributed by atoms with E-state index in [1.54, 1.807) is 0 Å². The molecule has 2 fully saturated rings. The van der Waals surface area contributed by atoms with Gasteiger partial charge < -0.3 is 19.4 Å². The molecule has 0 radical (unpaired) electrons. The standard InChI is InChI=1S/C22H24N6O2/c29-21(19-6-5-17-3-1-2-4-18(17)24-19)27-11-9-26(10-12-27)20-7-8-23-22(25-20)28-13-15-30-16-14-28/h1-8H,9-16H2. The molecule has 30 heavy (non-hydrogen) atoms. The van der Waals surface area contributed by atoms with Crippen LogP contribution in [0.3, 0.4) is 0 Å². The SMILES string of the molecule is O=C(c1ccc2ccccc2n1)N1CCN(c2ccnc(N3CCOCC3)n2)CC1. The van der Waals surface area contributed by atoms with E-state index < -0.39 is 0 Å². The number of aromatic nitrogens is 3. The average molecular weight is 404 g/mol. The molecule has 2 saturated heterocycles. The number of pyridine rings is 1. The van der Waals surface area contributed by atoms with E-state index in [9.17, 15) is 4.79 Å². The molecule has 2 aliphatic rings. The Kier molecular flexibility index (Phi) is 5.15. The summed E-state index contributed by atoms with van der Waals surface area (Å²) in [5, 5.41) is 1.04. The fourth-order valence-corrected chi connectivity index (χ4v) is 3.92. The van der Waals surface area contributed by atoms with Gasteiger partial charge in [-0.15, -0.1) is 0 Å². The lowest BCUT2D eigenvalue weighted by atomic mass is 10.2. The lowest BCUT2D eigenvalue weighted by Gasteiger charge is -2.35. The zero-order chi connectivity index (χ0) is 20.3. The number of rotatable bonds is 3. The van der Waals surface area contributed by atoms with Gasteiger partial charge >= 0.3 is 0 Å². The number of hydrogen-bond donors (Lipinski definition) is 0. The number of hydrogen-bond acceptors (Lipinski definition) is 7. The Labute approximate surface area is 175 Å². The minimum Gasteiger partial charge on any atom is -0.378 e. The highest BCUT2D eigenvalue weighted by atomic mass is 16.5. The van der Waals surface area contributed by atoms with E-state index in [1.165, 1.54) is 0 Å². The van der Waals surface area contributed by atoms with Crippen LogP contribution in [0.15, 0.2) is 48.7 Å². The summed E-state index contributed by atoms with van der Waals surface area (Å²) in [6.45, 7) is 5.79. The number of carbonyl (C=O) groups is 1. The topological polar surface area (TPSA) is 74.7 Å². The summed E-state index contributed by atoms with van der Waals surface area (Å²) in [5.41, 5.74) is 1.34. The summed E-state index contributed by atoms with van der Waals surface area (Å²) in [6.07, 6.45) is 1.81. The van der Waals surface area contributed by atoms with Gasteiger partial charge in [0.15, 0.2) is 0 Å². The van der Waals surface area contributed by atoms with Gasteiger partial charge in [0.1, 0.15) is 11.5 Å². The van der Waals surface area contributed by atoms with Crippen LogP contribution in [-0.4, -0.2) is 78.2 Å². The number of carbonyl (C=O) groups excluding carboxylic acids is 1. The van der Waals surface area contributed by atoms with Crippen LogP contribution >= 0.6 is 0 Å². The molecule has 2 aromatic heterocycles. The Morgan fingerprint density at radius 2 is 1.63 bits per heavy atom. The van der Waals surface area contributed by atoms with Crippen molar-refractivity contribution in [3.8, 4) is 0 Å². The Morgan fingerprint density at radius 1 is 0.833 bits per heavy atom. The molecule has 0 aliphatic carbocycles. The number of para-hydroxylation sites is 1. The second-order valence-electron chi connectivity index (χ2n) is 7.48. The Morgan fingerprint density at radius 3 is 2.47 bits per heavy atom. The number of nitrogens with zero attached hydrogens (tertiary/aromatic N) is 6. The van der Waals surface area contributed by atoms with Crippen molar-refractivity contribution in [2.24, 2.45) is 0 Å². The van der Waals surface area contributed by atoms with Gasteiger partial charge in [0.05, 0.1) is 18.7 Å². The van der Waals surface area contributed by atoms with E-state index in [1.807, 2.05) is 53.6 Å². The first-order chi connectivity index (χ1) is 14.8. The van der Waals surface area contributed by atoms with Gasteiger partial charge in [0, 0.05) is 50.9 Å². The van der Waals surface area contributed by atoms with Gasteiger partial charge in [-0.1, -0.05) is 24.3 Å². The maximum atomic E-state index is 12.9. The predicted molar refractivity (Wildman–Crippen MR) is 115 cm³/mol. The van der Waals surface area contributed by atoms with Gasteiger partial charge in [-0.25, -0.2) is 9.97 Å². The van der Waals surface area contributed by atoms with Crippen molar-refractivity contribution in [1.82, 2.24) is 19.9 Å². The average Bonchev–Trinajstić information content (AvgIpc) is 2.84. The number of ether oxygens (including phenoxy) is 1. The molecule has 2 aliphatic heterocycles. The van der Waals surface area contributed by atoms with Gasteiger partial charge in [-0.2, -0.15) is 4.98 Å². The first kappa shape index (κ1) is 18.7. The molecule has 0 saturated carbocycles. The number of fused-ring (bicyclic) bond motifs is 1. The van der Waals surface area contributed by atoms with Gasteiger partial charge in [0.2, 0.25) is 5.95 Å². The van der Waals surface area contributed by atoms with Crippen LogP contribution in [0.5, 0.6) is 0 Å². The second kappa shape index (κ2) is 8.23. The third kappa shape index (κ3) is 3.78. The Balaban J connectivity index is 1.25. The third-order valence-corrected chi connectivity index (χ3v) is 5.63. The molecule has 1 aromatic carbocycles. The summed E-state index contributed by atoms with van der Waals surface area (Å²) in [6, 6.07) is 13.6. The fourth-order valence-electron chi connectivity index (χ4n) is 3.92. The van der Waals surface area contributed by atoms with Crippen LogP contribution in [0, 0.1) is 0 Å². The third-order valence-electron chi connectivity index (χ3n) is 5.63. The molecule has 0 N–H and O–H groups in total. The van der Waals surface area contributed by atoms with Crippen LogP contribution in [0.2, 0.25) is 0 Å². The summed E-state index contributed by atoms with van der Waals surface area (Å²) >= 11 is 0. The first-order valence-electron chi connectivity index (χ1n) is 10.3. The summed E-state index contributed by atoms with van der Waals surface area (Å²) in [5.74, 6) is 1.63. The molecular formula is C22H24N6O2. The highest BCUT2D eigenvalue weighted by Gasteiger charge is 2.24. The predicted octanol–water partition coefficient (Wildman–Crippen LogP) is 1.82. The molecule has 1 amide bonds. The zero-order valence-corrected chi connectivity index (χ0v) is 16.8. The molecule has 0 spiro atoms. The largest absolute Gasteiger partial charge is 0.378 e. The lowest BCUT2D eigenvalue weighted by molar-refractivity contribution is 0.0741. The minimum atomic E-state index is -0.0166. The number of amides is 1. The van der Waals surface area contributed by atoms with Crippen LogP contribution in [-0.2, 0) is 4.74 Å². The maximum absolute atomic E-state index is 12.9. The molecule has 5 rings (SSSR count). The molecule has 3 aromatic rings. The molecule has 8 heteroatoms. The van der Waals surface area contributed by atoms with Crippen LogP contribution < -0.4 is 9.80 Å². The molecule has 0 bridgehead atoms. The number of anilines is 2. The van der Waals surface area contributed by atoms with Gasteiger partial charge in [0.25, 0.3) is 5.91 Å². The van der Waals surface area contributed by atoms with Crippen LogP contribution in [0.4, 0.5) is 11.8 Å². The highest BCUT2D eigenvalue weighted by Crippen LogP contribution is 2.19. The van der Waals surface area contributed by atoms with Crippen molar-refractivity contribution in [1.29, 1.82) is 0 Å². The minimum absolute atomic E-state index is 0.0166. The van der Waals surface area contributed by atoms with Crippen molar-refractivity contribution in [2.45, 2.75) is 0 Å². The molecule has 8 nitrogen and oxygen atoms in total. The number of morpholine rings is 1. The van der Waals surface area contributed by atoms with E-state index in [2.05, 4.69) is 19.8 Å².